The molecule has 24 heavy (non-hydrogen) atoms. The van der Waals surface area contributed by atoms with Crippen LogP contribution >= 0.6 is 0 Å². The summed E-state index contributed by atoms with van der Waals surface area (Å²) in [5.41, 5.74) is 1.78. The molecule has 0 spiro atoms. The fourth-order valence-corrected chi connectivity index (χ4v) is 2.39. The standard InChI is InChI=1S/C20H19FO3/c1-23-20-11-3-14(2-10-19(22)15-4-5-15)12-16(20)13-24-18-8-6-17(21)7-9-18/h2-3,6-12,15H,4-5,13H2,1H3/b10-2+. The fraction of sp³-hybridized carbons (Fsp3) is 0.250. The van der Waals surface area contributed by atoms with Crippen molar-refractivity contribution in [3.63, 3.8) is 0 Å². The maximum absolute atomic E-state index is 12.9. The quantitative estimate of drug-likeness (QED) is 0.707. The Morgan fingerprint density at radius 3 is 2.62 bits per heavy atom. The number of allylic oxidation sites excluding steroid dienone is 1. The van der Waals surface area contributed by atoms with Gasteiger partial charge in [-0.1, -0.05) is 12.1 Å². The number of carbonyl (C=O) groups is 1. The minimum absolute atomic E-state index is 0.190. The second-order valence-corrected chi connectivity index (χ2v) is 5.82. The zero-order chi connectivity index (χ0) is 16.9. The van der Waals surface area contributed by atoms with Gasteiger partial charge < -0.3 is 9.47 Å². The summed E-state index contributed by atoms with van der Waals surface area (Å²) < 4.78 is 24.0. The van der Waals surface area contributed by atoms with Gasteiger partial charge in [-0.2, -0.15) is 0 Å². The summed E-state index contributed by atoms with van der Waals surface area (Å²) in [7, 11) is 1.60. The number of benzene rings is 2. The predicted octanol–water partition coefficient (Wildman–Crippen LogP) is 4.41. The SMILES string of the molecule is COc1ccc(/C=C/C(=O)C2CC2)cc1COc1ccc(F)cc1. The molecule has 1 fully saturated rings. The first kappa shape index (κ1) is 16.2. The van der Waals surface area contributed by atoms with E-state index in [1.165, 1.54) is 12.1 Å². The third kappa shape index (κ3) is 4.22. The molecule has 0 amide bonds. The van der Waals surface area contributed by atoms with E-state index in [0.29, 0.717) is 18.1 Å². The second-order valence-electron chi connectivity index (χ2n) is 5.82. The molecule has 1 aliphatic carbocycles. The Balaban J connectivity index is 1.71. The summed E-state index contributed by atoms with van der Waals surface area (Å²) in [6.45, 7) is 0.299. The van der Waals surface area contributed by atoms with Gasteiger partial charge in [-0.25, -0.2) is 4.39 Å². The Morgan fingerprint density at radius 1 is 1.21 bits per heavy atom. The Morgan fingerprint density at radius 2 is 1.96 bits per heavy atom. The van der Waals surface area contributed by atoms with Crippen molar-refractivity contribution in [3.8, 4) is 11.5 Å². The van der Waals surface area contributed by atoms with Gasteiger partial charge in [0.25, 0.3) is 0 Å². The Hall–Kier alpha value is -2.62. The lowest BCUT2D eigenvalue weighted by atomic mass is 10.1. The van der Waals surface area contributed by atoms with Crippen LogP contribution in [0.2, 0.25) is 0 Å². The van der Waals surface area contributed by atoms with Crippen LogP contribution in [-0.4, -0.2) is 12.9 Å². The smallest absolute Gasteiger partial charge is 0.158 e. The number of ether oxygens (including phenoxy) is 2. The van der Waals surface area contributed by atoms with Gasteiger partial charge in [0.15, 0.2) is 5.78 Å². The number of carbonyl (C=O) groups excluding carboxylic acids is 1. The van der Waals surface area contributed by atoms with Gasteiger partial charge >= 0.3 is 0 Å². The molecule has 0 bridgehead atoms. The van der Waals surface area contributed by atoms with Crippen molar-refractivity contribution < 1.29 is 18.7 Å². The summed E-state index contributed by atoms with van der Waals surface area (Å²) in [5, 5.41) is 0. The molecule has 4 heteroatoms. The van der Waals surface area contributed by atoms with Crippen molar-refractivity contribution in [2.75, 3.05) is 7.11 Å². The van der Waals surface area contributed by atoms with Crippen LogP contribution in [0.3, 0.4) is 0 Å². The van der Waals surface area contributed by atoms with Crippen molar-refractivity contribution >= 4 is 11.9 Å². The van der Waals surface area contributed by atoms with Crippen LogP contribution in [0.25, 0.3) is 6.08 Å². The molecular formula is C20H19FO3. The van der Waals surface area contributed by atoms with E-state index in [9.17, 15) is 9.18 Å². The topological polar surface area (TPSA) is 35.5 Å². The van der Waals surface area contributed by atoms with Crippen molar-refractivity contribution in [2.24, 2.45) is 5.92 Å². The number of halogens is 1. The molecule has 0 atom stereocenters. The highest BCUT2D eigenvalue weighted by Crippen LogP contribution is 2.30. The third-order valence-corrected chi connectivity index (χ3v) is 3.93. The van der Waals surface area contributed by atoms with Gasteiger partial charge in [0, 0.05) is 11.5 Å². The molecule has 0 aliphatic heterocycles. The lowest BCUT2D eigenvalue weighted by Crippen LogP contribution is -1.99. The lowest BCUT2D eigenvalue weighted by Gasteiger charge is -2.11. The highest BCUT2D eigenvalue weighted by Gasteiger charge is 2.27. The third-order valence-electron chi connectivity index (χ3n) is 3.93. The van der Waals surface area contributed by atoms with E-state index in [0.717, 1.165) is 24.0 Å². The largest absolute Gasteiger partial charge is 0.496 e. The van der Waals surface area contributed by atoms with Gasteiger partial charge in [0.2, 0.25) is 0 Å². The van der Waals surface area contributed by atoms with E-state index in [-0.39, 0.29) is 17.5 Å². The zero-order valence-electron chi connectivity index (χ0n) is 13.5. The van der Waals surface area contributed by atoms with Gasteiger partial charge in [0.05, 0.1) is 7.11 Å². The summed E-state index contributed by atoms with van der Waals surface area (Å²) >= 11 is 0. The van der Waals surface area contributed by atoms with E-state index < -0.39 is 0 Å². The minimum Gasteiger partial charge on any atom is -0.496 e. The molecule has 0 aromatic heterocycles. The summed E-state index contributed by atoms with van der Waals surface area (Å²) in [6, 6.07) is 11.6. The predicted molar refractivity (Wildman–Crippen MR) is 90.5 cm³/mol. The van der Waals surface area contributed by atoms with Crippen molar-refractivity contribution in [2.45, 2.75) is 19.4 Å². The van der Waals surface area contributed by atoms with Crippen LogP contribution in [0.15, 0.2) is 48.5 Å². The van der Waals surface area contributed by atoms with Gasteiger partial charge in [-0.05, 0) is 60.9 Å². The van der Waals surface area contributed by atoms with Crippen LogP contribution in [0, 0.1) is 11.7 Å². The number of methoxy groups -OCH3 is 1. The van der Waals surface area contributed by atoms with E-state index in [1.807, 2.05) is 24.3 Å². The maximum atomic E-state index is 12.9. The van der Waals surface area contributed by atoms with E-state index in [1.54, 1.807) is 25.3 Å². The van der Waals surface area contributed by atoms with Crippen molar-refractivity contribution in [1.29, 1.82) is 0 Å². The highest BCUT2D eigenvalue weighted by atomic mass is 19.1. The average molecular weight is 326 g/mol. The average Bonchev–Trinajstić information content (AvgIpc) is 3.44. The molecule has 2 aromatic carbocycles. The van der Waals surface area contributed by atoms with Gasteiger partial charge in [-0.3, -0.25) is 4.79 Å². The number of rotatable bonds is 7. The van der Waals surface area contributed by atoms with E-state index in [4.69, 9.17) is 9.47 Å². The molecule has 124 valence electrons. The number of ketones is 1. The molecule has 2 aromatic rings. The van der Waals surface area contributed by atoms with Crippen molar-refractivity contribution in [1.82, 2.24) is 0 Å². The summed E-state index contributed by atoms with van der Waals surface area (Å²) in [6.07, 6.45) is 5.47. The van der Waals surface area contributed by atoms with Crippen LogP contribution in [0.4, 0.5) is 4.39 Å². The summed E-state index contributed by atoms with van der Waals surface area (Å²) in [4.78, 5) is 11.8. The first-order valence-corrected chi connectivity index (χ1v) is 7.93. The Kier molecular flexibility index (Phi) is 4.94. The fourth-order valence-electron chi connectivity index (χ4n) is 2.39. The molecule has 0 N–H and O–H groups in total. The van der Waals surface area contributed by atoms with Crippen LogP contribution in [0.5, 0.6) is 11.5 Å². The molecule has 3 nitrogen and oxygen atoms in total. The summed E-state index contributed by atoms with van der Waals surface area (Å²) in [5.74, 6) is 1.41. The molecule has 0 heterocycles. The first-order valence-electron chi connectivity index (χ1n) is 7.93. The Bertz CT molecular complexity index is 746. The molecule has 0 saturated heterocycles. The molecule has 1 aliphatic rings. The molecular weight excluding hydrogens is 307 g/mol. The maximum Gasteiger partial charge on any atom is 0.158 e. The van der Waals surface area contributed by atoms with Crippen LogP contribution in [0.1, 0.15) is 24.0 Å². The minimum atomic E-state index is -0.299. The van der Waals surface area contributed by atoms with Crippen molar-refractivity contribution in [3.05, 3.63) is 65.5 Å². The van der Waals surface area contributed by atoms with Crippen LogP contribution < -0.4 is 9.47 Å². The molecule has 0 radical (unpaired) electrons. The molecule has 0 unspecified atom stereocenters. The van der Waals surface area contributed by atoms with Crippen LogP contribution in [-0.2, 0) is 11.4 Å². The highest BCUT2D eigenvalue weighted by molar-refractivity contribution is 5.96. The van der Waals surface area contributed by atoms with Gasteiger partial charge in [-0.15, -0.1) is 0 Å². The number of hydrogen-bond donors (Lipinski definition) is 0. The first-order chi connectivity index (χ1) is 11.7. The zero-order valence-corrected chi connectivity index (χ0v) is 13.5. The monoisotopic (exact) mass is 326 g/mol. The molecule has 3 rings (SSSR count). The van der Waals surface area contributed by atoms with E-state index >= 15 is 0 Å². The normalized spacial score (nSPS) is 13.9. The molecule has 1 saturated carbocycles. The van der Waals surface area contributed by atoms with E-state index in [2.05, 4.69) is 0 Å². The Labute approximate surface area is 140 Å². The second kappa shape index (κ2) is 7.30. The number of hydrogen-bond acceptors (Lipinski definition) is 3. The van der Waals surface area contributed by atoms with Gasteiger partial charge in [0.1, 0.15) is 23.9 Å². The lowest BCUT2D eigenvalue weighted by molar-refractivity contribution is -0.115.